The number of carbonyl (C=O) groups is 2. The molecule has 1 heterocycles. The SMILES string of the molecule is Cc1cccc(-n2cc(C(=O)NCCCCCCC(=O)O)nn2)c1. The largest absolute Gasteiger partial charge is 0.481 e. The van der Waals surface area contributed by atoms with Crippen LogP contribution in [0.1, 0.15) is 48.2 Å². The molecule has 128 valence electrons. The molecule has 0 aliphatic carbocycles. The van der Waals surface area contributed by atoms with Crippen LogP contribution in [-0.2, 0) is 4.79 Å². The van der Waals surface area contributed by atoms with E-state index in [1.54, 1.807) is 10.9 Å². The van der Waals surface area contributed by atoms with E-state index < -0.39 is 5.97 Å². The number of nitrogens with zero attached hydrogens (tertiary/aromatic N) is 3. The van der Waals surface area contributed by atoms with Crippen molar-refractivity contribution in [2.24, 2.45) is 0 Å². The average Bonchev–Trinajstić information content (AvgIpc) is 3.03. The van der Waals surface area contributed by atoms with Gasteiger partial charge in [0.05, 0.1) is 11.9 Å². The Morgan fingerprint density at radius 1 is 1.21 bits per heavy atom. The van der Waals surface area contributed by atoms with Crippen molar-refractivity contribution in [3.63, 3.8) is 0 Å². The van der Waals surface area contributed by atoms with E-state index in [1.807, 2.05) is 31.2 Å². The Morgan fingerprint density at radius 3 is 2.75 bits per heavy atom. The molecule has 0 radical (unpaired) electrons. The van der Waals surface area contributed by atoms with Crippen LogP contribution in [0.4, 0.5) is 0 Å². The highest BCUT2D eigenvalue weighted by molar-refractivity contribution is 5.91. The number of hydrogen-bond acceptors (Lipinski definition) is 4. The molecule has 1 amide bonds. The van der Waals surface area contributed by atoms with Gasteiger partial charge in [-0.1, -0.05) is 30.2 Å². The molecule has 1 aromatic carbocycles. The summed E-state index contributed by atoms with van der Waals surface area (Å²) < 4.78 is 1.58. The summed E-state index contributed by atoms with van der Waals surface area (Å²) in [6.07, 6.45) is 5.05. The zero-order chi connectivity index (χ0) is 17.4. The van der Waals surface area contributed by atoms with E-state index in [9.17, 15) is 9.59 Å². The molecule has 0 aliphatic rings. The molecule has 1 aromatic heterocycles. The molecule has 0 saturated carbocycles. The molecular formula is C17H22N4O3. The number of amides is 1. The molecular weight excluding hydrogens is 308 g/mol. The molecule has 24 heavy (non-hydrogen) atoms. The summed E-state index contributed by atoms with van der Waals surface area (Å²) in [4.78, 5) is 22.4. The van der Waals surface area contributed by atoms with E-state index in [-0.39, 0.29) is 18.0 Å². The number of carbonyl (C=O) groups excluding carboxylic acids is 1. The Kier molecular flexibility index (Phi) is 6.48. The Morgan fingerprint density at radius 2 is 2.00 bits per heavy atom. The van der Waals surface area contributed by atoms with Gasteiger partial charge in [-0.25, -0.2) is 4.68 Å². The van der Waals surface area contributed by atoms with Gasteiger partial charge in [0.1, 0.15) is 0 Å². The molecule has 0 unspecified atom stereocenters. The third-order valence-corrected chi connectivity index (χ3v) is 3.60. The minimum Gasteiger partial charge on any atom is -0.481 e. The van der Waals surface area contributed by atoms with E-state index in [4.69, 9.17) is 5.11 Å². The van der Waals surface area contributed by atoms with Crippen molar-refractivity contribution in [1.29, 1.82) is 0 Å². The van der Waals surface area contributed by atoms with E-state index in [2.05, 4.69) is 15.6 Å². The fourth-order valence-electron chi connectivity index (χ4n) is 2.31. The molecule has 2 aromatic rings. The quantitative estimate of drug-likeness (QED) is 0.688. The van der Waals surface area contributed by atoms with Gasteiger partial charge in [0.15, 0.2) is 5.69 Å². The summed E-state index contributed by atoms with van der Waals surface area (Å²) in [7, 11) is 0. The van der Waals surface area contributed by atoms with Gasteiger partial charge in [-0.2, -0.15) is 0 Å². The van der Waals surface area contributed by atoms with Gasteiger partial charge in [-0.3, -0.25) is 9.59 Å². The highest BCUT2D eigenvalue weighted by Crippen LogP contribution is 2.09. The lowest BCUT2D eigenvalue weighted by molar-refractivity contribution is -0.137. The first-order valence-electron chi connectivity index (χ1n) is 8.05. The van der Waals surface area contributed by atoms with Crippen molar-refractivity contribution in [1.82, 2.24) is 20.3 Å². The van der Waals surface area contributed by atoms with Gasteiger partial charge in [-0.15, -0.1) is 5.10 Å². The second kappa shape index (κ2) is 8.81. The van der Waals surface area contributed by atoms with Crippen molar-refractivity contribution < 1.29 is 14.7 Å². The van der Waals surface area contributed by atoms with Crippen LogP contribution in [0.25, 0.3) is 5.69 Å². The summed E-state index contributed by atoms with van der Waals surface area (Å²) in [5.41, 5.74) is 2.25. The highest BCUT2D eigenvalue weighted by atomic mass is 16.4. The third kappa shape index (κ3) is 5.49. The summed E-state index contributed by atoms with van der Waals surface area (Å²) in [5, 5.41) is 19.2. The maximum absolute atomic E-state index is 12.0. The van der Waals surface area contributed by atoms with Crippen LogP contribution >= 0.6 is 0 Å². The molecule has 2 rings (SSSR count). The van der Waals surface area contributed by atoms with Gasteiger partial charge < -0.3 is 10.4 Å². The Hall–Kier alpha value is -2.70. The Labute approximate surface area is 140 Å². The van der Waals surface area contributed by atoms with Crippen LogP contribution in [0.3, 0.4) is 0 Å². The topological polar surface area (TPSA) is 97.1 Å². The molecule has 7 nitrogen and oxygen atoms in total. The monoisotopic (exact) mass is 330 g/mol. The number of hydrogen-bond donors (Lipinski definition) is 2. The number of carboxylic acids is 1. The first-order valence-corrected chi connectivity index (χ1v) is 8.05. The van der Waals surface area contributed by atoms with Crippen LogP contribution < -0.4 is 5.32 Å². The number of aliphatic carboxylic acids is 1. The van der Waals surface area contributed by atoms with Gasteiger partial charge in [0.25, 0.3) is 5.91 Å². The fraction of sp³-hybridized carbons (Fsp3) is 0.412. The van der Waals surface area contributed by atoms with Gasteiger partial charge in [0.2, 0.25) is 0 Å². The molecule has 0 bridgehead atoms. The maximum atomic E-state index is 12.0. The third-order valence-electron chi connectivity index (χ3n) is 3.60. The van der Waals surface area contributed by atoms with Crippen LogP contribution in [0.15, 0.2) is 30.5 Å². The van der Waals surface area contributed by atoms with E-state index in [0.717, 1.165) is 30.5 Å². The summed E-state index contributed by atoms with van der Waals surface area (Å²) in [6, 6.07) is 7.79. The molecule has 0 spiro atoms. The van der Waals surface area contributed by atoms with Crippen LogP contribution in [0.5, 0.6) is 0 Å². The molecule has 0 atom stereocenters. The number of aryl methyl sites for hydroxylation is 1. The number of benzene rings is 1. The number of nitrogens with one attached hydrogen (secondary N) is 1. The molecule has 7 heteroatoms. The summed E-state index contributed by atoms with van der Waals surface area (Å²) in [5.74, 6) is -1.01. The van der Waals surface area contributed by atoms with Crippen LogP contribution in [0.2, 0.25) is 0 Å². The number of aromatic nitrogens is 3. The van der Waals surface area contributed by atoms with E-state index in [0.29, 0.717) is 13.0 Å². The highest BCUT2D eigenvalue weighted by Gasteiger charge is 2.10. The molecule has 0 fully saturated rings. The van der Waals surface area contributed by atoms with Crippen molar-refractivity contribution in [3.05, 3.63) is 41.7 Å². The lowest BCUT2D eigenvalue weighted by Gasteiger charge is -2.03. The summed E-state index contributed by atoms with van der Waals surface area (Å²) >= 11 is 0. The van der Waals surface area contributed by atoms with Crippen molar-refractivity contribution in [3.8, 4) is 5.69 Å². The molecule has 0 saturated heterocycles. The Bertz CT molecular complexity index is 697. The van der Waals surface area contributed by atoms with E-state index >= 15 is 0 Å². The normalized spacial score (nSPS) is 10.5. The van der Waals surface area contributed by atoms with Crippen molar-refractivity contribution >= 4 is 11.9 Å². The Balaban J connectivity index is 1.74. The standard InChI is InChI=1S/C17H22N4O3/c1-13-7-6-8-14(11-13)21-12-15(19-20-21)17(24)18-10-5-3-2-4-9-16(22)23/h6-8,11-12H,2-5,9-10H2,1H3,(H,18,24)(H,22,23). The molecule has 0 aliphatic heterocycles. The van der Waals surface area contributed by atoms with Crippen molar-refractivity contribution in [2.45, 2.75) is 39.0 Å². The average molecular weight is 330 g/mol. The first kappa shape index (κ1) is 17.7. The lowest BCUT2D eigenvalue weighted by Crippen LogP contribution is -2.24. The zero-order valence-electron chi connectivity index (χ0n) is 13.7. The second-order valence-corrected chi connectivity index (χ2v) is 5.70. The van der Waals surface area contributed by atoms with Gasteiger partial charge in [0, 0.05) is 13.0 Å². The maximum Gasteiger partial charge on any atom is 0.303 e. The van der Waals surface area contributed by atoms with Crippen LogP contribution in [-0.4, -0.2) is 38.5 Å². The fourth-order valence-corrected chi connectivity index (χ4v) is 2.31. The minimum atomic E-state index is -0.764. The zero-order valence-corrected chi connectivity index (χ0v) is 13.7. The van der Waals surface area contributed by atoms with Crippen molar-refractivity contribution in [2.75, 3.05) is 6.54 Å². The molecule has 2 N–H and O–H groups in total. The number of unbranched alkanes of at least 4 members (excludes halogenated alkanes) is 3. The number of rotatable bonds is 9. The smallest absolute Gasteiger partial charge is 0.303 e. The minimum absolute atomic E-state index is 0.203. The first-order chi connectivity index (χ1) is 11.6. The summed E-state index contributed by atoms with van der Waals surface area (Å²) in [6.45, 7) is 2.54. The van der Waals surface area contributed by atoms with E-state index in [1.165, 1.54) is 0 Å². The lowest BCUT2D eigenvalue weighted by atomic mass is 10.1. The number of carboxylic acid groups (broad SMARTS) is 1. The second-order valence-electron chi connectivity index (χ2n) is 5.70. The van der Waals surface area contributed by atoms with Crippen LogP contribution in [0, 0.1) is 6.92 Å². The van der Waals surface area contributed by atoms with Gasteiger partial charge in [-0.05, 0) is 37.5 Å². The predicted molar refractivity (Wildman–Crippen MR) is 89.2 cm³/mol. The predicted octanol–water partition coefficient (Wildman–Crippen LogP) is 2.34. The van der Waals surface area contributed by atoms with Gasteiger partial charge >= 0.3 is 5.97 Å².